The summed E-state index contributed by atoms with van der Waals surface area (Å²) in [7, 11) is 0. The molecule has 0 radical (unpaired) electrons. The van der Waals surface area contributed by atoms with Gasteiger partial charge in [-0.05, 0) is 35.9 Å². The number of anilines is 1. The standard InChI is InChI=1S/C23H24ClN3O3S/c24-18-7-5-17(6-8-18)15-21-23(29)27(19-3-1-2-4-20(19)31-21)16-22(28)25-9-10-26-11-13-30-14-12-26/h1-8,15H,9-14,16H2,(H,25,28)/b21-15+. The topological polar surface area (TPSA) is 61.9 Å². The van der Waals surface area contributed by atoms with Crippen LogP contribution in [0, 0.1) is 0 Å². The van der Waals surface area contributed by atoms with E-state index >= 15 is 0 Å². The summed E-state index contributed by atoms with van der Waals surface area (Å²) in [6.07, 6.45) is 1.84. The quantitative estimate of drug-likeness (QED) is 0.674. The van der Waals surface area contributed by atoms with Crippen LogP contribution in [-0.4, -0.2) is 62.7 Å². The van der Waals surface area contributed by atoms with Gasteiger partial charge in [0.2, 0.25) is 5.91 Å². The Kier molecular flexibility index (Phi) is 7.29. The highest BCUT2D eigenvalue weighted by atomic mass is 35.5. The predicted octanol–water partition coefficient (Wildman–Crippen LogP) is 3.27. The zero-order valence-electron chi connectivity index (χ0n) is 17.1. The molecule has 2 aromatic carbocycles. The molecule has 1 saturated heterocycles. The Balaban J connectivity index is 1.45. The molecule has 162 valence electrons. The van der Waals surface area contributed by atoms with Crippen molar-refractivity contribution in [2.75, 3.05) is 50.8 Å². The molecule has 2 aliphatic heterocycles. The second-order valence-electron chi connectivity index (χ2n) is 7.33. The number of thioether (sulfide) groups is 1. The number of morpholine rings is 1. The molecule has 0 aliphatic carbocycles. The molecule has 6 nitrogen and oxygen atoms in total. The maximum absolute atomic E-state index is 13.2. The molecule has 1 N–H and O–H groups in total. The molecule has 2 aliphatic rings. The van der Waals surface area contributed by atoms with Crippen molar-refractivity contribution in [3.63, 3.8) is 0 Å². The first-order chi connectivity index (χ1) is 15.1. The summed E-state index contributed by atoms with van der Waals surface area (Å²) in [5.41, 5.74) is 1.64. The van der Waals surface area contributed by atoms with Gasteiger partial charge < -0.3 is 10.1 Å². The van der Waals surface area contributed by atoms with Gasteiger partial charge in [-0.1, -0.05) is 47.6 Å². The van der Waals surface area contributed by atoms with Gasteiger partial charge in [-0.3, -0.25) is 19.4 Å². The van der Waals surface area contributed by atoms with Crippen LogP contribution in [0.5, 0.6) is 0 Å². The second kappa shape index (κ2) is 10.3. The number of nitrogens with zero attached hydrogens (tertiary/aromatic N) is 2. The summed E-state index contributed by atoms with van der Waals surface area (Å²) in [5.74, 6) is -0.351. The zero-order chi connectivity index (χ0) is 21.6. The molecule has 4 rings (SSSR count). The van der Waals surface area contributed by atoms with Crippen LogP contribution in [0.3, 0.4) is 0 Å². The van der Waals surface area contributed by atoms with E-state index in [4.69, 9.17) is 16.3 Å². The lowest BCUT2D eigenvalue weighted by molar-refractivity contribution is -0.122. The van der Waals surface area contributed by atoms with Crippen LogP contribution in [0.25, 0.3) is 6.08 Å². The highest BCUT2D eigenvalue weighted by Gasteiger charge is 2.30. The lowest BCUT2D eigenvalue weighted by Crippen LogP contribution is -2.45. The Hall–Kier alpha value is -2.32. The maximum atomic E-state index is 13.2. The van der Waals surface area contributed by atoms with Gasteiger partial charge in [0.15, 0.2) is 0 Å². The molecule has 0 spiro atoms. The summed E-state index contributed by atoms with van der Waals surface area (Å²) in [4.78, 5) is 31.2. The minimum Gasteiger partial charge on any atom is -0.379 e. The maximum Gasteiger partial charge on any atom is 0.265 e. The molecule has 2 heterocycles. The number of rotatable bonds is 6. The Morgan fingerprint density at radius 3 is 2.65 bits per heavy atom. The van der Waals surface area contributed by atoms with Crippen molar-refractivity contribution in [2.24, 2.45) is 0 Å². The number of amides is 2. The van der Waals surface area contributed by atoms with Crippen LogP contribution >= 0.6 is 23.4 Å². The highest BCUT2D eigenvalue weighted by molar-refractivity contribution is 8.04. The lowest BCUT2D eigenvalue weighted by atomic mass is 10.2. The van der Waals surface area contributed by atoms with Crippen LogP contribution in [-0.2, 0) is 14.3 Å². The van der Waals surface area contributed by atoms with Crippen molar-refractivity contribution < 1.29 is 14.3 Å². The van der Waals surface area contributed by atoms with Gasteiger partial charge in [0.1, 0.15) is 6.54 Å². The third-order valence-corrected chi connectivity index (χ3v) is 6.48. The van der Waals surface area contributed by atoms with Gasteiger partial charge >= 0.3 is 0 Å². The van der Waals surface area contributed by atoms with Gasteiger partial charge in [-0.25, -0.2) is 0 Å². The Labute approximate surface area is 191 Å². The summed E-state index contributed by atoms with van der Waals surface area (Å²) in [5, 5.41) is 3.59. The number of fused-ring (bicyclic) bond motifs is 1. The molecular weight excluding hydrogens is 434 g/mol. The highest BCUT2D eigenvalue weighted by Crippen LogP contribution is 2.41. The zero-order valence-corrected chi connectivity index (χ0v) is 18.6. The fourth-order valence-corrected chi connectivity index (χ4v) is 4.69. The van der Waals surface area contributed by atoms with Crippen LogP contribution < -0.4 is 10.2 Å². The van der Waals surface area contributed by atoms with Crippen molar-refractivity contribution in [3.8, 4) is 0 Å². The van der Waals surface area contributed by atoms with Crippen LogP contribution in [0.4, 0.5) is 5.69 Å². The van der Waals surface area contributed by atoms with E-state index in [0.717, 1.165) is 49.0 Å². The van der Waals surface area contributed by atoms with Gasteiger partial charge in [0, 0.05) is 36.1 Å². The molecular formula is C23H24ClN3O3S. The first-order valence-corrected chi connectivity index (χ1v) is 11.4. The number of para-hydroxylation sites is 1. The molecule has 2 amide bonds. The van der Waals surface area contributed by atoms with E-state index < -0.39 is 0 Å². The molecule has 8 heteroatoms. The summed E-state index contributed by atoms with van der Waals surface area (Å²) in [6.45, 7) is 4.52. The van der Waals surface area contributed by atoms with Crippen molar-refractivity contribution in [2.45, 2.75) is 4.90 Å². The van der Waals surface area contributed by atoms with E-state index in [0.29, 0.717) is 16.5 Å². The number of nitrogens with one attached hydrogen (secondary N) is 1. The van der Waals surface area contributed by atoms with Crippen LogP contribution in [0.15, 0.2) is 58.3 Å². The van der Waals surface area contributed by atoms with Gasteiger partial charge in [0.05, 0.1) is 23.8 Å². The fraction of sp³-hybridized carbons (Fsp3) is 0.304. The van der Waals surface area contributed by atoms with Crippen LogP contribution in [0.1, 0.15) is 5.56 Å². The number of halogens is 1. The molecule has 0 atom stereocenters. The fourth-order valence-electron chi connectivity index (χ4n) is 3.51. The minimum absolute atomic E-state index is 0.0164. The summed E-state index contributed by atoms with van der Waals surface area (Å²) >= 11 is 7.39. The smallest absolute Gasteiger partial charge is 0.265 e. The average molecular weight is 458 g/mol. The van der Waals surface area contributed by atoms with E-state index in [-0.39, 0.29) is 18.4 Å². The Bertz CT molecular complexity index is 974. The van der Waals surface area contributed by atoms with Crippen molar-refractivity contribution in [3.05, 3.63) is 64.0 Å². The van der Waals surface area contributed by atoms with E-state index in [9.17, 15) is 9.59 Å². The summed E-state index contributed by atoms with van der Waals surface area (Å²) in [6, 6.07) is 15.0. The molecule has 0 bridgehead atoms. The normalized spacial score (nSPS) is 18.2. The van der Waals surface area contributed by atoms with E-state index in [2.05, 4.69) is 10.2 Å². The molecule has 1 fully saturated rings. The monoisotopic (exact) mass is 457 g/mol. The van der Waals surface area contributed by atoms with E-state index in [1.807, 2.05) is 42.5 Å². The molecule has 0 aromatic heterocycles. The Morgan fingerprint density at radius 1 is 1.13 bits per heavy atom. The van der Waals surface area contributed by atoms with E-state index in [1.54, 1.807) is 17.0 Å². The first-order valence-electron chi connectivity index (χ1n) is 10.2. The number of ether oxygens (including phenoxy) is 1. The minimum atomic E-state index is -0.179. The molecule has 0 unspecified atom stereocenters. The number of hydrogen-bond donors (Lipinski definition) is 1. The van der Waals surface area contributed by atoms with Crippen LogP contribution in [0.2, 0.25) is 5.02 Å². The number of benzene rings is 2. The van der Waals surface area contributed by atoms with Gasteiger partial charge in [-0.2, -0.15) is 0 Å². The third-order valence-electron chi connectivity index (χ3n) is 5.16. The predicted molar refractivity (Wildman–Crippen MR) is 124 cm³/mol. The first kappa shape index (κ1) is 21.9. The van der Waals surface area contributed by atoms with Crippen molar-refractivity contribution in [1.29, 1.82) is 0 Å². The number of hydrogen-bond acceptors (Lipinski definition) is 5. The van der Waals surface area contributed by atoms with Gasteiger partial charge in [0.25, 0.3) is 5.91 Å². The second-order valence-corrected chi connectivity index (χ2v) is 8.85. The largest absolute Gasteiger partial charge is 0.379 e. The average Bonchev–Trinajstić information content (AvgIpc) is 2.79. The van der Waals surface area contributed by atoms with E-state index in [1.165, 1.54) is 11.8 Å². The molecule has 2 aromatic rings. The van der Waals surface area contributed by atoms with Gasteiger partial charge in [-0.15, -0.1) is 0 Å². The number of carbonyl (C=O) groups excluding carboxylic acids is 2. The molecule has 0 saturated carbocycles. The van der Waals surface area contributed by atoms with Crippen molar-refractivity contribution in [1.82, 2.24) is 10.2 Å². The summed E-state index contributed by atoms with van der Waals surface area (Å²) < 4.78 is 5.34. The Morgan fingerprint density at radius 2 is 1.87 bits per heavy atom. The lowest BCUT2D eigenvalue weighted by Gasteiger charge is -2.30. The van der Waals surface area contributed by atoms with Crippen molar-refractivity contribution >= 4 is 46.9 Å². The third kappa shape index (κ3) is 5.68. The molecule has 31 heavy (non-hydrogen) atoms. The number of carbonyl (C=O) groups is 2. The SMILES string of the molecule is O=C(CN1C(=O)/C(=C\c2ccc(Cl)cc2)Sc2ccccc21)NCCN1CCOCC1.